The first-order chi connectivity index (χ1) is 9.24. The minimum atomic E-state index is -0.519. The smallest absolute Gasteiger partial charge is 0.515 e. The number of ether oxygens (including phenoxy) is 1. The molecular weight excluding hydrogens is 298 g/mol. The Morgan fingerprint density at radius 3 is 2.25 bits per heavy atom. The Balaban J connectivity index is 0.000000507. The van der Waals surface area contributed by atoms with Gasteiger partial charge in [-0.2, -0.15) is 30.3 Å². The van der Waals surface area contributed by atoms with Crippen molar-refractivity contribution in [2.75, 3.05) is 7.11 Å². The molecule has 4 nitrogen and oxygen atoms in total. The zero-order chi connectivity index (χ0) is 13.9. The monoisotopic (exact) mass is 313 g/mol. The molecule has 0 aliphatic carbocycles. The Labute approximate surface area is 128 Å². The Morgan fingerprint density at radius 2 is 1.85 bits per heavy atom. The predicted octanol–water partition coefficient (Wildman–Crippen LogP) is 3.59. The van der Waals surface area contributed by atoms with Crippen LogP contribution in [-0.2, 0) is 21.8 Å². The van der Waals surface area contributed by atoms with Crippen LogP contribution in [0, 0.1) is 10.1 Å². The van der Waals surface area contributed by atoms with Gasteiger partial charge in [-0.25, -0.2) is 12.1 Å². The van der Waals surface area contributed by atoms with Crippen LogP contribution in [0.15, 0.2) is 72.9 Å². The van der Waals surface area contributed by atoms with E-state index in [4.69, 9.17) is 4.74 Å². The molecule has 0 spiro atoms. The van der Waals surface area contributed by atoms with Crippen LogP contribution in [0.4, 0.5) is 0 Å². The van der Waals surface area contributed by atoms with Crippen molar-refractivity contribution in [3.05, 3.63) is 88.6 Å². The molecule has 106 valence electrons. The van der Waals surface area contributed by atoms with Crippen molar-refractivity contribution in [2.45, 2.75) is 0 Å². The number of nitro groups is 1. The molecule has 5 heteroatoms. The van der Waals surface area contributed by atoms with Crippen LogP contribution >= 0.6 is 0 Å². The Morgan fingerprint density at radius 1 is 1.25 bits per heavy atom. The van der Waals surface area contributed by atoms with E-state index in [0.29, 0.717) is 5.76 Å². The summed E-state index contributed by atoms with van der Waals surface area (Å²) in [4.78, 5) is 9.49. The van der Waals surface area contributed by atoms with E-state index >= 15 is 0 Å². The van der Waals surface area contributed by atoms with Crippen molar-refractivity contribution in [1.82, 2.24) is 0 Å². The summed E-state index contributed by atoms with van der Waals surface area (Å²) in [5.74, 6) is 0.605. The third-order valence-electron chi connectivity index (χ3n) is 2.18. The third kappa shape index (κ3) is 7.36. The minimum absolute atomic E-state index is 0. The maximum Gasteiger partial charge on any atom is 2.00 e. The molecule has 0 bridgehead atoms. The summed E-state index contributed by atoms with van der Waals surface area (Å²) in [5, 5.41) is 10.0. The summed E-state index contributed by atoms with van der Waals surface area (Å²) in [6.07, 6.45) is 3.76. The molecule has 0 heterocycles. The average molecular weight is 313 g/mol. The second kappa shape index (κ2) is 10.8. The van der Waals surface area contributed by atoms with Gasteiger partial charge in [0.1, 0.15) is 0 Å². The maximum atomic E-state index is 10.0. The standard InChI is InChI=1S/C10H10NO3.C5H5.Fe/c1-14-10(7-4-8-11(12)13)9-5-2-3-6-9;1-2-4-5-3-1;/h2-8H,1H3;1-5H;/q2*-1;+2. The normalized spacial score (nSPS) is 10.3. The molecule has 0 fully saturated rings. The topological polar surface area (TPSA) is 52.4 Å². The van der Waals surface area contributed by atoms with Crippen LogP contribution in [0.5, 0.6) is 0 Å². The molecule has 0 atom stereocenters. The maximum absolute atomic E-state index is 10.0. The number of rotatable bonds is 4. The Hall–Kier alpha value is -2.10. The first kappa shape index (κ1) is 17.9. The molecule has 0 unspecified atom stereocenters. The van der Waals surface area contributed by atoms with Crippen molar-refractivity contribution in [3.63, 3.8) is 0 Å². The molecule has 0 radical (unpaired) electrons. The largest absolute Gasteiger partial charge is 2.00 e. The zero-order valence-electron chi connectivity index (χ0n) is 11.0. The quantitative estimate of drug-likeness (QED) is 0.216. The van der Waals surface area contributed by atoms with Gasteiger partial charge in [0, 0.05) is 5.76 Å². The molecule has 0 aliphatic rings. The first-order valence-corrected chi connectivity index (χ1v) is 5.69. The van der Waals surface area contributed by atoms with Crippen LogP contribution in [0.3, 0.4) is 0 Å². The van der Waals surface area contributed by atoms with E-state index in [1.807, 2.05) is 54.6 Å². The van der Waals surface area contributed by atoms with E-state index in [9.17, 15) is 10.1 Å². The minimum Gasteiger partial charge on any atom is -0.515 e. The molecule has 0 aromatic heterocycles. The molecule has 2 rings (SSSR count). The molecular formula is C15H15FeNO3. The summed E-state index contributed by atoms with van der Waals surface area (Å²) in [7, 11) is 1.53. The van der Waals surface area contributed by atoms with Gasteiger partial charge in [0.05, 0.1) is 12.0 Å². The average Bonchev–Trinajstić information content (AvgIpc) is 3.08. The zero-order valence-corrected chi connectivity index (χ0v) is 12.1. The van der Waals surface area contributed by atoms with Gasteiger partial charge in [0.25, 0.3) is 0 Å². The number of allylic oxidation sites excluding steroid dienone is 2. The fraction of sp³-hybridized carbons (Fsp3) is 0.0667. The van der Waals surface area contributed by atoms with Crippen molar-refractivity contribution < 1.29 is 26.7 Å². The second-order valence-corrected chi connectivity index (χ2v) is 3.50. The van der Waals surface area contributed by atoms with Crippen molar-refractivity contribution in [3.8, 4) is 0 Å². The summed E-state index contributed by atoms with van der Waals surface area (Å²) in [6.45, 7) is 0. The van der Waals surface area contributed by atoms with E-state index < -0.39 is 4.92 Å². The number of methoxy groups -OCH3 is 1. The molecule has 0 aliphatic heterocycles. The summed E-state index contributed by atoms with van der Waals surface area (Å²) in [6, 6.07) is 17.5. The van der Waals surface area contributed by atoms with E-state index in [-0.39, 0.29) is 17.1 Å². The van der Waals surface area contributed by atoms with Crippen LogP contribution in [0.1, 0.15) is 5.56 Å². The number of hydrogen-bond acceptors (Lipinski definition) is 3. The molecule has 2 aromatic rings. The molecule has 0 saturated carbocycles. The molecule has 0 amide bonds. The van der Waals surface area contributed by atoms with Crippen LogP contribution < -0.4 is 0 Å². The van der Waals surface area contributed by atoms with Crippen molar-refractivity contribution in [2.24, 2.45) is 0 Å². The Bertz CT molecular complexity index is 496. The van der Waals surface area contributed by atoms with Crippen molar-refractivity contribution >= 4 is 5.76 Å². The molecule has 0 N–H and O–H groups in total. The molecule has 2 aromatic carbocycles. The van der Waals surface area contributed by atoms with Crippen LogP contribution in [0.25, 0.3) is 5.76 Å². The number of hydrogen-bond donors (Lipinski definition) is 0. The van der Waals surface area contributed by atoms with Gasteiger partial charge < -0.3 is 4.74 Å². The summed E-state index contributed by atoms with van der Waals surface area (Å²) < 4.78 is 5.06. The third-order valence-corrected chi connectivity index (χ3v) is 2.18. The van der Waals surface area contributed by atoms with E-state index in [1.54, 1.807) is 6.08 Å². The fourth-order valence-electron chi connectivity index (χ4n) is 1.34. The van der Waals surface area contributed by atoms with E-state index in [1.165, 1.54) is 13.2 Å². The summed E-state index contributed by atoms with van der Waals surface area (Å²) >= 11 is 0. The van der Waals surface area contributed by atoms with E-state index in [0.717, 1.165) is 11.8 Å². The first-order valence-electron chi connectivity index (χ1n) is 5.69. The number of nitrogens with zero attached hydrogens (tertiary/aromatic N) is 1. The van der Waals surface area contributed by atoms with Crippen LogP contribution in [0.2, 0.25) is 0 Å². The van der Waals surface area contributed by atoms with E-state index in [2.05, 4.69) is 0 Å². The van der Waals surface area contributed by atoms with Gasteiger partial charge >= 0.3 is 17.1 Å². The van der Waals surface area contributed by atoms with Gasteiger partial charge in [-0.15, -0.1) is 12.1 Å². The molecule has 20 heavy (non-hydrogen) atoms. The predicted molar refractivity (Wildman–Crippen MR) is 75.2 cm³/mol. The summed E-state index contributed by atoms with van der Waals surface area (Å²) in [5.41, 5.74) is 0.903. The fourth-order valence-corrected chi connectivity index (χ4v) is 1.34. The van der Waals surface area contributed by atoms with Gasteiger partial charge in [0.2, 0.25) is 6.20 Å². The van der Waals surface area contributed by atoms with Gasteiger partial charge in [-0.1, -0.05) is 11.6 Å². The molecule has 0 saturated heterocycles. The Kier molecular flexibility index (Phi) is 9.66. The van der Waals surface area contributed by atoms with Crippen molar-refractivity contribution in [1.29, 1.82) is 0 Å². The second-order valence-electron chi connectivity index (χ2n) is 3.50. The van der Waals surface area contributed by atoms with Gasteiger partial charge in [0.15, 0.2) is 0 Å². The van der Waals surface area contributed by atoms with Gasteiger partial charge in [-0.05, 0) is 6.08 Å². The van der Waals surface area contributed by atoms with Gasteiger partial charge in [-0.3, -0.25) is 10.1 Å². The SMILES string of the molecule is COC(=CC=C[N+](=O)[O-])[c-]1cccc1.[Fe+2].c1cc[cH-]c1. The van der Waals surface area contributed by atoms with Crippen LogP contribution in [-0.4, -0.2) is 12.0 Å².